The molecule has 2 heterocycles. The molecule has 1 unspecified atom stereocenters. The highest BCUT2D eigenvalue weighted by molar-refractivity contribution is 8.00. The molecular weight excluding hydrogens is 254 g/mol. The van der Waals surface area contributed by atoms with E-state index in [9.17, 15) is 0 Å². The second kappa shape index (κ2) is 5.35. The summed E-state index contributed by atoms with van der Waals surface area (Å²) in [6.07, 6.45) is 2.58. The lowest BCUT2D eigenvalue weighted by Crippen LogP contribution is -2.26. The quantitative estimate of drug-likeness (QED) is 0.864. The summed E-state index contributed by atoms with van der Waals surface area (Å²) in [4.78, 5) is 0. The first-order valence-corrected chi connectivity index (χ1v) is 7.66. The first kappa shape index (κ1) is 12.8. The average molecular weight is 273 g/mol. The van der Waals surface area contributed by atoms with Gasteiger partial charge in [0.1, 0.15) is 0 Å². The zero-order valence-corrected chi connectivity index (χ0v) is 11.9. The number of nitrogens with one attached hydrogen (secondary N) is 1. The summed E-state index contributed by atoms with van der Waals surface area (Å²) < 4.78 is 9.97. The number of nitrogens with two attached hydrogens (primary N) is 1. The first-order valence-electron chi connectivity index (χ1n) is 5.90. The van der Waals surface area contributed by atoms with E-state index < -0.39 is 0 Å². The van der Waals surface area contributed by atoms with Crippen molar-refractivity contribution in [2.75, 3.05) is 30.0 Å². The molecule has 1 atom stereocenters. The Morgan fingerprint density at radius 3 is 3.06 bits per heavy atom. The van der Waals surface area contributed by atoms with Crippen LogP contribution in [0.1, 0.15) is 26.7 Å². The Balaban J connectivity index is 1.98. The van der Waals surface area contributed by atoms with E-state index >= 15 is 0 Å². The minimum absolute atomic E-state index is 0.336. The van der Waals surface area contributed by atoms with Crippen molar-refractivity contribution in [3.05, 3.63) is 0 Å². The molecule has 1 fully saturated rings. The number of hydrogen-bond acceptors (Lipinski definition) is 6. The minimum Gasteiger partial charge on any atom is -0.487 e. The number of rotatable bonds is 5. The van der Waals surface area contributed by atoms with Crippen molar-refractivity contribution < 1.29 is 4.74 Å². The third-order valence-electron chi connectivity index (χ3n) is 2.89. The Labute approximate surface area is 110 Å². The molecule has 1 aliphatic rings. The van der Waals surface area contributed by atoms with E-state index in [1.807, 2.05) is 18.7 Å². The molecule has 3 N–H and O–H groups in total. The van der Waals surface area contributed by atoms with Gasteiger partial charge < -0.3 is 15.8 Å². The molecule has 2 rings (SSSR count). The molecule has 0 radical (unpaired) electrons. The largest absolute Gasteiger partial charge is 0.487 e. The Bertz CT molecular complexity index is 375. The SMILES string of the molecule is CCOc1c(N)nsc1NCC1(C)CCCS1. The van der Waals surface area contributed by atoms with Crippen molar-refractivity contribution >= 4 is 34.1 Å². The zero-order chi connectivity index (χ0) is 12.3. The highest BCUT2D eigenvalue weighted by atomic mass is 32.2. The molecule has 0 bridgehead atoms. The van der Waals surface area contributed by atoms with Crippen molar-refractivity contribution in [1.82, 2.24) is 4.37 Å². The third-order valence-corrected chi connectivity index (χ3v) is 5.22. The summed E-state index contributed by atoms with van der Waals surface area (Å²) in [5.74, 6) is 2.47. The van der Waals surface area contributed by atoms with E-state index in [4.69, 9.17) is 10.5 Å². The van der Waals surface area contributed by atoms with Crippen LogP contribution >= 0.6 is 23.3 Å². The van der Waals surface area contributed by atoms with Crippen molar-refractivity contribution in [3.63, 3.8) is 0 Å². The van der Waals surface area contributed by atoms with Crippen molar-refractivity contribution in [2.24, 2.45) is 0 Å². The lowest BCUT2D eigenvalue weighted by atomic mass is 10.1. The van der Waals surface area contributed by atoms with Gasteiger partial charge in [-0.25, -0.2) is 0 Å². The smallest absolute Gasteiger partial charge is 0.197 e. The molecule has 4 nitrogen and oxygen atoms in total. The van der Waals surface area contributed by atoms with Crippen LogP contribution in [0, 0.1) is 0 Å². The van der Waals surface area contributed by atoms with Crippen molar-refractivity contribution in [1.29, 1.82) is 0 Å². The number of aromatic nitrogens is 1. The van der Waals surface area contributed by atoms with E-state index in [0.29, 0.717) is 22.9 Å². The highest BCUT2D eigenvalue weighted by Crippen LogP contribution is 2.40. The lowest BCUT2D eigenvalue weighted by molar-refractivity contribution is 0.344. The molecule has 0 spiro atoms. The van der Waals surface area contributed by atoms with Gasteiger partial charge in [-0.2, -0.15) is 16.1 Å². The number of ether oxygens (including phenoxy) is 1. The third kappa shape index (κ3) is 2.98. The van der Waals surface area contributed by atoms with E-state index in [1.54, 1.807) is 0 Å². The van der Waals surface area contributed by atoms with Crippen LogP contribution in [-0.4, -0.2) is 28.0 Å². The van der Waals surface area contributed by atoms with E-state index in [-0.39, 0.29) is 0 Å². The van der Waals surface area contributed by atoms with Crippen LogP contribution in [0.3, 0.4) is 0 Å². The Morgan fingerprint density at radius 2 is 2.41 bits per heavy atom. The normalized spacial score (nSPS) is 23.9. The highest BCUT2D eigenvalue weighted by Gasteiger charge is 2.29. The van der Waals surface area contributed by atoms with Crippen LogP contribution in [0.25, 0.3) is 0 Å². The predicted octanol–water partition coefficient (Wildman–Crippen LogP) is 2.82. The van der Waals surface area contributed by atoms with Crippen molar-refractivity contribution in [3.8, 4) is 5.75 Å². The van der Waals surface area contributed by atoms with E-state index in [0.717, 1.165) is 11.5 Å². The van der Waals surface area contributed by atoms with Gasteiger partial charge in [0.05, 0.1) is 6.61 Å². The lowest BCUT2D eigenvalue weighted by Gasteiger charge is -2.23. The predicted molar refractivity (Wildman–Crippen MR) is 76.3 cm³/mol. The summed E-state index contributed by atoms with van der Waals surface area (Å²) in [5, 5.41) is 4.39. The summed E-state index contributed by atoms with van der Waals surface area (Å²) >= 11 is 3.42. The Morgan fingerprint density at radius 1 is 1.59 bits per heavy atom. The zero-order valence-electron chi connectivity index (χ0n) is 10.3. The van der Waals surface area contributed by atoms with Crippen LogP contribution in [0.15, 0.2) is 0 Å². The van der Waals surface area contributed by atoms with Gasteiger partial charge in [0, 0.05) is 11.3 Å². The number of nitrogens with zero attached hydrogens (tertiary/aromatic N) is 1. The van der Waals surface area contributed by atoms with Crippen LogP contribution in [0.4, 0.5) is 10.8 Å². The monoisotopic (exact) mass is 273 g/mol. The maximum Gasteiger partial charge on any atom is 0.197 e. The first-order chi connectivity index (χ1) is 8.14. The fraction of sp³-hybridized carbons (Fsp3) is 0.727. The fourth-order valence-corrected chi connectivity index (χ4v) is 3.83. The Hall–Kier alpha value is -0.620. The van der Waals surface area contributed by atoms with Gasteiger partial charge in [-0.15, -0.1) is 0 Å². The van der Waals surface area contributed by atoms with Gasteiger partial charge in [-0.05, 0) is 44.0 Å². The second-order valence-corrected chi connectivity index (χ2v) is 6.87. The molecule has 0 aliphatic carbocycles. The van der Waals surface area contributed by atoms with Gasteiger partial charge in [0.15, 0.2) is 16.6 Å². The summed E-state index contributed by atoms with van der Waals surface area (Å²) in [6.45, 7) is 5.82. The molecule has 0 amide bonds. The molecular formula is C11H19N3OS2. The summed E-state index contributed by atoms with van der Waals surface area (Å²) in [5.41, 5.74) is 5.77. The number of thioether (sulfide) groups is 1. The number of hydrogen-bond donors (Lipinski definition) is 2. The van der Waals surface area contributed by atoms with Crippen LogP contribution in [0.5, 0.6) is 5.75 Å². The summed E-state index contributed by atoms with van der Waals surface area (Å²) in [6, 6.07) is 0. The minimum atomic E-state index is 0.336. The van der Waals surface area contributed by atoms with Crippen LogP contribution in [-0.2, 0) is 0 Å². The van der Waals surface area contributed by atoms with Crippen LogP contribution in [0.2, 0.25) is 0 Å². The van der Waals surface area contributed by atoms with E-state index in [2.05, 4.69) is 16.6 Å². The molecule has 6 heteroatoms. The van der Waals surface area contributed by atoms with Gasteiger partial charge in [-0.1, -0.05) is 0 Å². The Kier molecular flexibility index (Phi) is 4.04. The molecule has 0 aromatic carbocycles. The molecule has 0 saturated carbocycles. The van der Waals surface area contributed by atoms with Crippen LogP contribution < -0.4 is 15.8 Å². The number of anilines is 2. The maximum atomic E-state index is 5.77. The average Bonchev–Trinajstić information content (AvgIpc) is 2.87. The second-order valence-electron chi connectivity index (χ2n) is 4.41. The van der Waals surface area contributed by atoms with Gasteiger partial charge >= 0.3 is 0 Å². The maximum absolute atomic E-state index is 5.77. The van der Waals surface area contributed by atoms with Crippen molar-refractivity contribution in [2.45, 2.75) is 31.4 Å². The number of nitrogen functional groups attached to an aromatic ring is 1. The fourth-order valence-electron chi connectivity index (χ4n) is 1.93. The molecule has 17 heavy (non-hydrogen) atoms. The molecule has 96 valence electrons. The molecule has 1 saturated heterocycles. The standard InChI is InChI=1S/C11H19N3OS2/c1-3-15-8-9(12)14-17-10(8)13-7-11(2)5-4-6-16-11/h13H,3-7H2,1-2H3,(H2,12,14). The molecule has 1 aromatic heterocycles. The van der Waals surface area contributed by atoms with Gasteiger partial charge in [-0.3, -0.25) is 0 Å². The topological polar surface area (TPSA) is 60.2 Å². The van der Waals surface area contributed by atoms with E-state index in [1.165, 1.54) is 30.1 Å². The van der Waals surface area contributed by atoms with Gasteiger partial charge in [0.2, 0.25) is 0 Å². The van der Waals surface area contributed by atoms with Gasteiger partial charge in [0.25, 0.3) is 0 Å². The molecule has 1 aliphatic heterocycles. The summed E-state index contributed by atoms with van der Waals surface area (Å²) in [7, 11) is 0. The molecule has 1 aromatic rings.